The number of anilines is 2. The zero-order valence-electron chi connectivity index (χ0n) is 19.2. The Labute approximate surface area is 221 Å². The van der Waals surface area contributed by atoms with Crippen molar-refractivity contribution in [3.8, 4) is 5.75 Å². The zero-order valence-corrected chi connectivity index (χ0v) is 21.6. The van der Waals surface area contributed by atoms with Crippen molar-refractivity contribution < 1.29 is 18.7 Å². The van der Waals surface area contributed by atoms with Gasteiger partial charge in [0.05, 0.1) is 12.8 Å². The van der Waals surface area contributed by atoms with Crippen LogP contribution in [0.1, 0.15) is 21.2 Å². The maximum absolute atomic E-state index is 14.4. The van der Waals surface area contributed by atoms with Crippen LogP contribution in [0, 0.1) is 5.82 Å². The van der Waals surface area contributed by atoms with Gasteiger partial charge in [-0.3, -0.25) is 9.59 Å². The predicted octanol–water partition coefficient (Wildman–Crippen LogP) is 7.32. The molecule has 4 rings (SSSR count). The molecule has 4 aromatic rings. The van der Waals surface area contributed by atoms with E-state index < -0.39 is 11.1 Å². The summed E-state index contributed by atoms with van der Waals surface area (Å²) in [7, 11) is 1.57. The van der Waals surface area contributed by atoms with Gasteiger partial charge in [-0.15, -0.1) is 11.8 Å². The summed E-state index contributed by atoms with van der Waals surface area (Å²) in [5, 5.41) is 4.93. The fourth-order valence-corrected chi connectivity index (χ4v) is 4.84. The lowest BCUT2D eigenvalue weighted by molar-refractivity contribution is -0.115. The highest BCUT2D eigenvalue weighted by molar-refractivity contribution is 9.10. The molecule has 1 unspecified atom stereocenters. The first-order valence-electron chi connectivity index (χ1n) is 11.0. The summed E-state index contributed by atoms with van der Waals surface area (Å²) in [6, 6.07) is 27.8. The number of hydrogen-bond donors (Lipinski definition) is 2. The lowest BCUT2D eigenvalue weighted by Crippen LogP contribution is -2.19. The van der Waals surface area contributed by atoms with Crippen LogP contribution in [0.2, 0.25) is 0 Å². The molecule has 0 aliphatic rings. The van der Waals surface area contributed by atoms with Gasteiger partial charge in [0.15, 0.2) is 0 Å². The minimum absolute atomic E-state index is 0.102. The number of ether oxygens (including phenoxy) is 1. The average molecular weight is 565 g/mol. The van der Waals surface area contributed by atoms with E-state index in [-0.39, 0.29) is 17.5 Å². The lowest BCUT2D eigenvalue weighted by atomic mass is 10.1. The molecule has 2 amide bonds. The van der Waals surface area contributed by atoms with Crippen molar-refractivity contribution >= 4 is 50.9 Å². The summed E-state index contributed by atoms with van der Waals surface area (Å²) < 4.78 is 20.1. The summed E-state index contributed by atoms with van der Waals surface area (Å²) >= 11 is 4.53. The molecule has 0 fully saturated rings. The van der Waals surface area contributed by atoms with Crippen molar-refractivity contribution in [3.63, 3.8) is 0 Å². The van der Waals surface area contributed by atoms with Crippen molar-refractivity contribution in [2.75, 3.05) is 17.7 Å². The molecule has 0 bridgehead atoms. The van der Waals surface area contributed by atoms with Gasteiger partial charge in [-0.05, 0) is 66.2 Å². The van der Waals surface area contributed by atoms with E-state index in [2.05, 4.69) is 26.6 Å². The van der Waals surface area contributed by atoms with E-state index in [1.807, 2.05) is 36.4 Å². The zero-order chi connectivity index (χ0) is 25.5. The Morgan fingerprint density at radius 2 is 1.64 bits per heavy atom. The van der Waals surface area contributed by atoms with E-state index in [1.54, 1.807) is 55.6 Å². The van der Waals surface area contributed by atoms with E-state index in [0.717, 1.165) is 10.5 Å². The van der Waals surface area contributed by atoms with E-state index in [1.165, 1.54) is 23.9 Å². The summed E-state index contributed by atoms with van der Waals surface area (Å²) in [5.74, 6) is -0.487. The van der Waals surface area contributed by atoms with Crippen LogP contribution >= 0.6 is 27.7 Å². The Morgan fingerprint density at radius 3 is 2.33 bits per heavy atom. The van der Waals surface area contributed by atoms with Crippen molar-refractivity contribution in [1.82, 2.24) is 0 Å². The van der Waals surface area contributed by atoms with E-state index >= 15 is 0 Å². The van der Waals surface area contributed by atoms with Crippen molar-refractivity contribution in [3.05, 3.63) is 118 Å². The Kier molecular flexibility index (Phi) is 8.40. The van der Waals surface area contributed by atoms with Gasteiger partial charge in [0.1, 0.15) is 16.8 Å². The highest BCUT2D eigenvalue weighted by Crippen LogP contribution is 2.37. The highest BCUT2D eigenvalue weighted by Gasteiger charge is 2.23. The van der Waals surface area contributed by atoms with Crippen LogP contribution in [0.15, 0.2) is 106 Å². The van der Waals surface area contributed by atoms with Crippen LogP contribution in [0.25, 0.3) is 0 Å². The minimum atomic E-state index is -0.651. The Morgan fingerprint density at radius 1 is 0.889 bits per heavy atom. The van der Waals surface area contributed by atoms with Gasteiger partial charge in [-0.25, -0.2) is 4.39 Å². The van der Waals surface area contributed by atoms with Crippen LogP contribution in [0.5, 0.6) is 5.75 Å². The van der Waals surface area contributed by atoms with Gasteiger partial charge in [0, 0.05) is 20.6 Å². The first kappa shape index (κ1) is 25.5. The van der Waals surface area contributed by atoms with Gasteiger partial charge >= 0.3 is 0 Å². The number of thioether (sulfide) groups is 1. The van der Waals surface area contributed by atoms with Crippen molar-refractivity contribution in [1.29, 1.82) is 0 Å². The Balaban J connectivity index is 1.53. The third-order valence-corrected chi connectivity index (χ3v) is 6.97. The second-order valence-corrected chi connectivity index (χ2v) is 9.83. The van der Waals surface area contributed by atoms with Crippen LogP contribution in [-0.4, -0.2) is 18.9 Å². The molecule has 0 aromatic heterocycles. The summed E-state index contributed by atoms with van der Waals surface area (Å²) in [5.41, 5.74) is 1.95. The molecule has 0 spiro atoms. The fraction of sp³-hybridized carbons (Fsp3) is 0.0714. The second kappa shape index (κ2) is 11.9. The number of amides is 2. The average Bonchev–Trinajstić information content (AvgIpc) is 2.89. The smallest absolute Gasteiger partial charge is 0.255 e. The van der Waals surface area contributed by atoms with Gasteiger partial charge in [0.25, 0.3) is 5.91 Å². The monoisotopic (exact) mass is 564 g/mol. The molecule has 182 valence electrons. The molecule has 1 atom stereocenters. The number of nitrogens with one attached hydrogen (secondary N) is 2. The second-order valence-electron chi connectivity index (χ2n) is 7.73. The first-order chi connectivity index (χ1) is 17.4. The number of rotatable bonds is 8. The molecule has 0 saturated carbocycles. The molecule has 2 N–H and O–H groups in total. The first-order valence-corrected chi connectivity index (χ1v) is 12.6. The molecular formula is C28H22BrFN2O3S. The highest BCUT2D eigenvalue weighted by atomic mass is 79.9. The van der Waals surface area contributed by atoms with Gasteiger partial charge in [-0.1, -0.05) is 52.3 Å². The minimum Gasteiger partial charge on any atom is -0.497 e. The quantitative estimate of drug-likeness (QED) is 0.220. The lowest BCUT2D eigenvalue weighted by Gasteiger charge is -2.18. The predicted molar refractivity (Wildman–Crippen MR) is 145 cm³/mol. The maximum Gasteiger partial charge on any atom is 0.255 e. The van der Waals surface area contributed by atoms with Gasteiger partial charge < -0.3 is 15.4 Å². The van der Waals surface area contributed by atoms with E-state index in [0.29, 0.717) is 21.5 Å². The SMILES string of the molecule is COc1ccc(C(=O)Nc2cccc(SC(C(=O)Nc3ccc(Br)cc3F)c3ccccc3)c2)cc1. The van der Waals surface area contributed by atoms with Crippen molar-refractivity contribution in [2.45, 2.75) is 10.1 Å². The molecule has 8 heteroatoms. The molecule has 0 heterocycles. The van der Waals surface area contributed by atoms with Crippen LogP contribution in [0.4, 0.5) is 15.8 Å². The third-order valence-electron chi connectivity index (χ3n) is 5.23. The van der Waals surface area contributed by atoms with Gasteiger partial charge in [-0.2, -0.15) is 0 Å². The normalized spacial score (nSPS) is 11.4. The van der Waals surface area contributed by atoms with Crippen molar-refractivity contribution in [2.24, 2.45) is 0 Å². The molecular weight excluding hydrogens is 543 g/mol. The summed E-state index contributed by atoms with van der Waals surface area (Å²) in [6.45, 7) is 0. The fourth-order valence-electron chi connectivity index (χ4n) is 3.42. The standard InChI is InChI=1S/C28H22BrFN2O3S/c1-35-22-13-10-19(11-14-22)27(33)31-21-8-5-9-23(17-21)36-26(18-6-3-2-4-7-18)28(34)32-25-15-12-20(29)16-24(25)30/h2-17,26H,1H3,(H,31,33)(H,32,34). The van der Waals surface area contributed by atoms with Crippen LogP contribution in [0.3, 0.4) is 0 Å². The van der Waals surface area contributed by atoms with Crippen LogP contribution < -0.4 is 15.4 Å². The Hall–Kier alpha value is -3.62. The molecule has 0 radical (unpaired) electrons. The number of methoxy groups -OCH3 is 1. The molecule has 36 heavy (non-hydrogen) atoms. The number of hydrogen-bond acceptors (Lipinski definition) is 4. The summed E-state index contributed by atoms with van der Waals surface area (Å²) in [4.78, 5) is 26.7. The van der Waals surface area contributed by atoms with Crippen LogP contribution in [-0.2, 0) is 4.79 Å². The molecule has 4 aromatic carbocycles. The molecule has 0 aliphatic heterocycles. The Bertz CT molecular complexity index is 1370. The molecule has 0 aliphatic carbocycles. The number of benzene rings is 4. The largest absolute Gasteiger partial charge is 0.497 e. The number of carbonyl (C=O) groups excluding carboxylic acids is 2. The van der Waals surface area contributed by atoms with E-state index in [4.69, 9.17) is 4.74 Å². The van der Waals surface area contributed by atoms with Gasteiger partial charge in [0.2, 0.25) is 5.91 Å². The third kappa shape index (κ3) is 6.53. The topological polar surface area (TPSA) is 67.4 Å². The number of halogens is 2. The maximum atomic E-state index is 14.4. The summed E-state index contributed by atoms with van der Waals surface area (Å²) in [6.07, 6.45) is 0. The number of carbonyl (C=O) groups is 2. The molecule has 0 saturated heterocycles. The molecule has 5 nitrogen and oxygen atoms in total. The van der Waals surface area contributed by atoms with E-state index in [9.17, 15) is 14.0 Å².